The molecule has 6 heteroatoms. The second-order valence-electron chi connectivity index (χ2n) is 5.12. The minimum atomic E-state index is -0.0419. The largest absolute Gasteiger partial charge is 0.350 e. The van der Waals surface area contributed by atoms with Gasteiger partial charge >= 0.3 is 0 Å². The van der Waals surface area contributed by atoms with Crippen LogP contribution < -0.4 is 5.32 Å². The monoisotopic (exact) mass is 358 g/mol. The van der Waals surface area contributed by atoms with E-state index < -0.39 is 0 Å². The van der Waals surface area contributed by atoms with Gasteiger partial charge in [-0.3, -0.25) is 9.36 Å². The normalized spacial score (nSPS) is 12.3. The minimum absolute atomic E-state index is 0.0397. The van der Waals surface area contributed by atoms with Gasteiger partial charge in [0.2, 0.25) is 5.91 Å². The number of halogens is 1. The number of pyridine rings is 1. The molecule has 1 N–H and O–H groups in total. The molecule has 0 fully saturated rings. The highest BCUT2D eigenvalue weighted by Gasteiger charge is 2.10. The van der Waals surface area contributed by atoms with Crippen molar-refractivity contribution < 1.29 is 4.79 Å². The molecule has 3 aromatic rings. The summed E-state index contributed by atoms with van der Waals surface area (Å²) in [5, 5.41) is 2.88. The van der Waals surface area contributed by atoms with Gasteiger partial charge in [0.1, 0.15) is 10.9 Å². The number of hydrogen-bond acceptors (Lipinski definition) is 3. The van der Waals surface area contributed by atoms with Crippen molar-refractivity contribution in [2.24, 2.45) is 0 Å². The second-order valence-corrected chi connectivity index (χ2v) is 5.93. The fraction of sp³-hybridized carbons (Fsp3) is 0.188. The third-order valence-corrected chi connectivity index (χ3v) is 3.91. The molecular formula is C16H15BrN4O. The Hall–Kier alpha value is -2.21. The first-order valence-electron chi connectivity index (χ1n) is 6.90. The highest BCUT2D eigenvalue weighted by molar-refractivity contribution is 9.10. The maximum absolute atomic E-state index is 11.2. The maximum atomic E-state index is 11.2. The van der Waals surface area contributed by atoms with Crippen LogP contribution in [0.2, 0.25) is 0 Å². The van der Waals surface area contributed by atoms with E-state index >= 15 is 0 Å². The Morgan fingerprint density at radius 1 is 1.27 bits per heavy atom. The number of fused-ring (bicyclic) bond motifs is 1. The summed E-state index contributed by atoms with van der Waals surface area (Å²) in [7, 11) is 0. The second kappa shape index (κ2) is 5.88. The number of carbonyl (C=O) groups excluding carboxylic acids is 1. The lowest BCUT2D eigenvalue weighted by Gasteiger charge is -2.13. The van der Waals surface area contributed by atoms with Crippen molar-refractivity contribution in [3.05, 3.63) is 53.0 Å². The van der Waals surface area contributed by atoms with E-state index in [2.05, 4.69) is 31.2 Å². The maximum Gasteiger partial charge on any atom is 0.217 e. The van der Waals surface area contributed by atoms with E-state index in [-0.39, 0.29) is 11.9 Å². The molecule has 0 radical (unpaired) electrons. The fourth-order valence-corrected chi connectivity index (χ4v) is 2.79. The Morgan fingerprint density at radius 3 is 2.82 bits per heavy atom. The summed E-state index contributed by atoms with van der Waals surface area (Å²) in [6.45, 7) is 3.48. The average Bonchev–Trinajstić information content (AvgIpc) is 2.89. The molecule has 0 aliphatic heterocycles. The van der Waals surface area contributed by atoms with Crippen LogP contribution in [0.3, 0.4) is 0 Å². The average molecular weight is 359 g/mol. The number of rotatable bonds is 3. The number of carbonyl (C=O) groups is 1. The van der Waals surface area contributed by atoms with Gasteiger partial charge in [-0.2, -0.15) is 0 Å². The number of benzene rings is 1. The van der Waals surface area contributed by atoms with Gasteiger partial charge in [-0.05, 0) is 52.7 Å². The summed E-state index contributed by atoms with van der Waals surface area (Å²) >= 11 is 3.38. The number of nitrogens with one attached hydrogen (secondary N) is 1. The molecule has 1 aromatic carbocycles. The predicted molar refractivity (Wildman–Crippen MR) is 88.8 cm³/mol. The predicted octanol–water partition coefficient (Wildman–Crippen LogP) is 3.38. The van der Waals surface area contributed by atoms with Gasteiger partial charge < -0.3 is 5.32 Å². The highest BCUT2D eigenvalue weighted by atomic mass is 79.9. The summed E-state index contributed by atoms with van der Waals surface area (Å²) in [4.78, 5) is 19.8. The Balaban J connectivity index is 2.01. The molecule has 0 spiro atoms. The van der Waals surface area contributed by atoms with Crippen LogP contribution in [0.15, 0.2) is 47.5 Å². The first-order chi connectivity index (χ1) is 10.5. The highest BCUT2D eigenvalue weighted by Crippen LogP contribution is 2.23. The lowest BCUT2D eigenvalue weighted by molar-refractivity contribution is -0.119. The molecule has 1 atom stereocenters. The van der Waals surface area contributed by atoms with Gasteiger partial charge in [0, 0.05) is 13.1 Å². The quantitative estimate of drug-likeness (QED) is 0.730. The lowest BCUT2D eigenvalue weighted by atomic mass is 10.1. The van der Waals surface area contributed by atoms with Gasteiger partial charge in [-0.1, -0.05) is 6.07 Å². The van der Waals surface area contributed by atoms with Crippen molar-refractivity contribution in [2.75, 3.05) is 0 Å². The van der Waals surface area contributed by atoms with Crippen molar-refractivity contribution in [1.82, 2.24) is 19.9 Å². The van der Waals surface area contributed by atoms with Crippen LogP contribution in [-0.2, 0) is 4.79 Å². The number of hydrogen-bond donors (Lipinski definition) is 1. The van der Waals surface area contributed by atoms with E-state index in [1.165, 1.54) is 6.92 Å². The van der Waals surface area contributed by atoms with E-state index in [9.17, 15) is 4.79 Å². The molecule has 0 aliphatic rings. The van der Waals surface area contributed by atoms with Crippen molar-refractivity contribution in [3.63, 3.8) is 0 Å². The summed E-state index contributed by atoms with van der Waals surface area (Å²) in [5.41, 5.74) is 3.93. The van der Waals surface area contributed by atoms with Crippen molar-refractivity contribution >= 4 is 32.9 Å². The number of aromatic nitrogens is 3. The van der Waals surface area contributed by atoms with Gasteiger partial charge in [-0.15, -0.1) is 0 Å². The van der Waals surface area contributed by atoms with Crippen LogP contribution in [0.1, 0.15) is 25.5 Å². The van der Waals surface area contributed by atoms with Gasteiger partial charge in [0.25, 0.3) is 0 Å². The Kier molecular flexibility index (Phi) is 3.94. The Labute approximate surface area is 136 Å². The van der Waals surface area contributed by atoms with E-state index in [0.29, 0.717) is 0 Å². The van der Waals surface area contributed by atoms with Crippen LogP contribution >= 0.6 is 15.9 Å². The molecule has 112 valence electrons. The van der Waals surface area contributed by atoms with E-state index in [1.54, 1.807) is 12.5 Å². The molecule has 5 nitrogen and oxygen atoms in total. The van der Waals surface area contributed by atoms with Crippen molar-refractivity contribution in [3.8, 4) is 5.69 Å². The van der Waals surface area contributed by atoms with Crippen molar-refractivity contribution in [2.45, 2.75) is 19.9 Å². The molecule has 0 saturated heterocycles. The first kappa shape index (κ1) is 14.7. The Bertz CT molecular complexity index is 843. The molecular weight excluding hydrogens is 344 g/mol. The summed E-state index contributed by atoms with van der Waals surface area (Å²) < 4.78 is 2.79. The Morgan fingerprint density at radius 2 is 2.09 bits per heavy atom. The van der Waals surface area contributed by atoms with Gasteiger partial charge in [0.05, 0.1) is 22.8 Å². The molecule has 22 heavy (non-hydrogen) atoms. The van der Waals surface area contributed by atoms with Crippen molar-refractivity contribution in [1.29, 1.82) is 0 Å². The summed E-state index contributed by atoms with van der Waals surface area (Å²) in [5.74, 6) is -0.0419. The smallest absolute Gasteiger partial charge is 0.217 e. The van der Waals surface area contributed by atoms with Crippen LogP contribution in [-0.4, -0.2) is 20.4 Å². The van der Waals surface area contributed by atoms with E-state index in [1.807, 2.05) is 41.8 Å². The lowest BCUT2D eigenvalue weighted by Crippen LogP contribution is -2.23. The fourth-order valence-electron chi connectivity index (χ4n) is 2.44. The van der Waals surface area contributed by atoms with Crippen LogP contribution in [0.5, 0.6) is 0 Å². The standard InChI is InChI=1S/C16H15BrN4O/c1-10(20-11(2)22)12-3-4-15-14(7-12)19-9-21(15)13-5-6-18-16(17)8-13/h3-10H,1-2H3,(H,20,22). The van der Waals surface area contributed by atoms with Gasteiger partial charge in [-0.25, -0.2) is 9.97 Å². The zero-order valence-electron chi connectivity index (χ0n) is 12.2. The number of amides is 1. The number of imidazole rings is 1. The minimum Gasteiger partial charge on any atom is -0.350 e. The summed E-state index contributed by atoms with van der Waals surface area (Å²) in [6.07, 6.45) is 3.54. The third kappa shape index (κ3) is 2.87. The van der Waals surface area contributed by atoms with E-state index in [0.717, 1.165) is 26.9 Å². The summed E-state index contributed by atoms with van der Waals surface area (Å²) in [6, 6.07) is 9.86. The molecule has 0 aliphatic carbocycles. The van der Waals surface area contributed by atoms with Crippen LogP contribution in [0, 0.1) is 0 Å². The zero-order chi connectivity index (χ0) is 15.7. The van der Waals surface area contributed by atoms with E-state index in [4.69, 9.17) is 0 Å². The first-order valence-corrected chi connectivity index (χ1v) is 7.70. The molecule has 1 unspecified atom stereocenters. The van der Waals surface area contributed by atoms with Crippen LogP contribution in [0.4, 0.5) is 0 Å². The molecule has 2 aromatic heterocycles. The third-order valence-electron chi connectivity index (χ3n) is 3.48. The van der Waals surface area contributed by atoms with Gasteiger partial charge in [0.15, 0.2) is 0 Å². The molecule has 3 rings (SSSR count). The molecule has 1 amide bonds. The SMILES string of the molecule is CC(=O)NC(C)c1ccc2c(c1)ncn2-c1ccnc(Br)c1. The number of nitrogens with zero attached hydrogens (tertiary/aromatic N) is 3. The molecule has 0 bridgehead atoms. The zero-order valence-corrected chi connectivity index (χ0v) is 13.8. The van der Waals surface area contributed by atoms with Crippen LogP contribution in [0.25, 0.3) is 16.7 Å². The topological polar surface area (TPSA) is 59.8 Å². The molecule has 0 saturated carbocycles. The molecule has 2 heterocycles.